The summed E-state index contributed by atoms with van der Waals surface area (Å²) in [4.78, 5) is 16.4. The largest absolute Gasteiger partial charge is 0.441 e. The highest BCUT2D eigenvalue weighted by molar-refractivity contribution is 14.1. The van der Waals surface area contributed by atoms with Crippen LogP contribution in [0.5, 0.6) is 0 Å². The molecule has 2 aromatic carbocycles. The molecule has 0 spiro atoms. The molecule has 0 unspecified atom stereocenters. The molecule has 1 aromatic heterocycles. The Kier molecular flexibility index (Phi) is 6.08. The number of anilines is 1. The van der Waals surface area contributed by atoms with Gasteiger partial charge < -0.3 is 9.73 Å². The molecule has 3 rings (SSSR count). The maximum atomic E-state index is 12.1. The Morgan fingerprint density at radius 1 is 1.12 bits per heavy atom. The fraction of sp³-hybridized carbons (Fsp3) is 0.238. The van der Waals surface area contributed by atoms with E-state index in [-0.39, 0.29) is 5.91 Å². The van der Waals surface area contributed by atoms with Crippen molar-refractivity contribution in [3.05, 3.63) is 69.8 Å². The van der Waals surface area contributed by atoms with Crippen molar-refractivity contribution in [2.45, 2.75) is 32.6 Å². The summed E-state index contributed by atoms with van der Waals surface area (Å²) < 4.78 is 6.93. The lowest BCUT2D eigenvalue weighted by Crippen LogP contribution is -2.12. The second-order valence-corrected chi connectivity index (χ2v) is 7.70. The van der Waals surface area contributed by atoms with Crippen LogP contribution < -0.4 is 5.32 Å². The van der Waals surface area contributed by atoms with Crippen molar-refractivity contribution in [2.24, 2.45) is 0 Å². The Labute approximate surface area is 167 Å². The van der Waals surface area contributed by atoms with E-state index in [2.05, 4.69) is 58.9 Å². The van der Waals surface area contributed by atoms with Gasteiger partial charge in [0.25, 0.3) is 0 Å². The number of halogens is 1. The van der Waals surface area contributed by atoms with Crippen molar-refractivity contribution in [3.63, 3.8) is 0 Å². The molecule has 1 N–H and O–H groups in total. The van der Waals surface area contributed by atoms with Gasteiger partial charge in [-0.2, -0.15) is 0 Å². The molecule has 5 heteroatoms. The SMILES string of the molecule is CC(C)c1ccc(-c2cnc(CCC(=O)Nc3ccc(I)cc3)o2)cc1. The summed E-state index contributed by atoms with van der Waals surface area (Å²) >= 11 is 2.23. The van der Waals surface area contributed by atoms with E-state index in [0.29, 0.717) is 24.7 Å². The van der Waals surface area contributed by atoms with E-state index in [1.54, 1.807) is 6.20 Å². The first kappa shape index (κ1) is 18.6. The number of aryl methyl sites for hydroxylation is 1. The molecule has 0 saturated heterocycles. The smallest absolute Gasteiger partial charge is 0.224 e. The molecular formula is C21H21IN2O2. The molecule has 0 bridgehead atoms. The highest BCUT2D eigenvalue weighted by atomic mass is 127. The average Bonchev–Trinajstić information content (AvgIpc) is 3.11. The Morgan fingerprint density at radius 3 is 2.46 bits per heavy atom. The van der Waals surface area contributed by atoms with Crippen LogP contribution >= 0.6 is 22.6 Å². The third-order valence-corrected chi connectivity index (χ3v) is 4.83. The lowest BCUT2D eigenvalue weighted by molar-refractivity contribution is -0.116. The zero-order valence-corrected chi connectivity index (χ0v) is 17.0. The van der Waals surface area contributed by atoms with Crippen LogP contribution in [0.3, 0.4) is 0 Å². The lowest BCUT2D eigenvalue weighted by Gasteiger charge is -2.05. The maximum absolute atomic E-state index is 12.1. The highest BCUT2D eigenvalue weighted by Gasteiger charge is 2.10. The Hall–Kier alpha value is -2.15. The van der Waals surface area contributed by atoms with Gasteiger partial charge in [-0.05, 0) is 58.3 Å². The number of hydrogen-bond acceptors (Lipinski definition) is 3. The normalized spacial score (nSPS) is 10.9. The summed E-state index contributed by atoms with van der Waals surface area (Å²) in [6.45, 7) is 4.34. The van der Waals surface area contributed by atoms with Gasteiger partial charge >= 0.3 is 0 Å². The number of carbonyl (C=O) groups excluding carboxylic acids is 1. The number of carbonyl (C=O) groups is 1. The maximum Gasteiger partial charge on any atom is 0.224 e. The van der Waals surface area contributed by atoms with Gasteiger partial charge in [0, 0.05) is 27.7 Å². The first-order valence-corrected chi connectivity index (χ1v) is 9.69. The van der Waals surface area contributed by atoms with Crippen molar-refractivity contribution in [1.82, 2.24) is 4.98 Å². The number of rotatable bonds is 6. The number of benzene rings is 2. The van der Waals surface area contributed by atoms with Crippen LogP contribution in [-0.2, 0) is 11.2 Å². The molecule has 0 radical (unpaired) electrons. The van der Waals surface area contributed by atoms with E-state index in [1.807, 2.05) is 36.4 Å². The molecule has 1 heterocycles. The third kappa shape index (κ3) is 4.94. The number of nitrogens with zero attached hydrogens (tertiary/aromatic N) is 1. The van der Waals surface area contributed by atoms with Gasteiger partial charge in [-0.15, -0.1) is 0 Å². The van der Waals surface area contributed by atoms with Gasteiger partial charge in [-0.1, -0.05) is 38.1 Å². The summed E-state index contributed by atoms with van der Waals surface area (Å²) in [5.74, 6) is 1.76. The predicted molar refractivity (Wildman–Crippen MR) is 112 cm³/mol. The standard InChI is InChI=1S/C21H21IN2O2/c1-14(2)15-3-5-16(6-4-15)19-13-23-21(26-19)12-11-20(25)24-18-9-7-17(22)8-10-18/h3-10,13-14H,11-12H2,1-2H3,(H,24,25). The van der Waals surface area contributed by atoms with Crippen LogP contribution in [0.15, 0.2) is 59.1 Å². The summed E-state index contributed by atoms with van der Waals surface area (Å²) in [6.07, 6.45) is 2.52. The lowest BCUT2D eigenvalue weighted by atomic mass is 10.0. The second-order valence-electron chi connectivity index (χ2n) is 6.45. The molecule has 0 aliphatic heterocycles. The van der Waals surface area contributed by atoms with E-state index in [4.69, 9.17) is 4.42 Å². The van der Waals surface area contributed by atoms with E-state index in [0.717, 1.165) is 20.6 Å². The fourth-order valence-electron chi connectivity index (χ4n) is 2.57. The van der Waals surface area contributed by atoms with Crippen molar-refractivity contribution in [3.8, 4) is 11.3 Å². The molecular weight excluding hydrogens is 439 g/mol. The van der Waals surface area contributed by atoms with Gasteiger partial charge in [0.05, 0.1) is 6.20 Å². The van der Waals surface area contributed by atoms with Crippen LogP contribution in [0.4, 0.5) is 5.69 Å². The van der Waals surface area contributed by atoms with Crippen molar-refractivity contribution < 1.29 is 9.21 Å². The molecule has 0 saturated carbocycles. The zero-order valence-electron chi connectivity index (χ0n) is 14.8. The quantitative estimate of drug-likeness (QED) is 0.485. The Balaban J connectivity index is 1.56. The molecule has 134 valence electrons. The van der Waals surface area contributed by atoms with Crippen LogP contribution in [-0.4, -0.2) is 10.9 Å². The number of aromatic nitrogens is 1. The summed E-state index contributed by atoms with van der Waals surface area (Å²) in [6, 6.07) is 16.0. The monoisotopic (exact) mass is 460 g/mol. The summed E-state index contributed by atoms with van der Waals surface area (Å²) in [5, 5.41) is 2.88. The third-order valence-electron chi connectivity index (χ3n) is 4.11. The van der Waals surface area contributed by atoms with Crippen LogP contribution in [0, 0.1) is 3.57 Å². The predicted octanol–water partition coefficient (Wildman–Crippen LogP) is 5.64. The topological polar surface area (TPSA) is 55.1 Å². The van der Waals surface area contributed by atoms with Gasteiger partial charge in [0.2, 0.25) is 5.91 Å². The number of amides is 1. The van der Waals surface area contributed by atoms with Crippen LogP contribution in [0.1, 0.15) is 37.6 Å². The van der Waals surface area contributed by atoms with Gasteiger partial charge in [-0.25, -0.2) is 4.98 Å². The molecule has 1 amide bonds. The number of hydrogen-bond donors (Lipinski definition) is 1. The van der Waals surface area contributed by atoms with Gasteiger partial charge in [0.1, 0.15) is 0 Å². The zero-order chi connectivity index (χ0) is 18.5. The van der Waals surface area contributed by atoms with E-state index >= 15 is 0 Å². The molecule has 0 fully saturated rings. The summed E-state index contributed by atoms with van der Waals surface area (Å²) in [7, 11) is 0. The molecule has 26 heavy (non-hydrogen) atoms. The second kappa shape index (κ2) is 8.49. The first-order valence-electron chi connectivity index (χ1n) is 8.62. The Morgan fingerprint density at radius 2 is 1.81 bits per heavy atom. The van der Waals surface area contributed by atoms with Gasteiger partial charge in [0.15, 0.2) is 11.7 Å². The minimum atomic E-state index is -0.0488. The van der Waals surface area contributed by atoms with Gasteiger partial charge in [-0.3, -0.25) is 4.79 Å². The van der Waals surface area contributed by atoms with Crippen molar-refractivity contribution in [1.29, 1.82) is 0 Å². The molecule has 0 aliphatic carbocycles. The molecule has 0 aliphatic rings. The van der Waals surface area contributed by atoms with E-state index in [9.17, 15) is 4.79 Å². The van der Waals surface area contributed by atoms with Crippen LogP contribution in [0.25, 0.3) is 11.3 Å². The highest BCUT2D eigenvalue weighted by Crippen LogP contribution is 2.23. The minimum absolute atomic E-state index is 0.0488. The average molecular weight is 460 g/mol. The fourth-order valence-corrected chi connectivity index (χ4v) is 2.93. The molecule has 4 nitrogen and oxygen atoms in total. The van der Waals surface area contributed by atoms with E-state index in [1.165, 1.54) is 5.56 Å². The molecule has 3 aromatic rings. The van der Waals surface area contributed by atoms with E-state index < -0.39 is 0 Å². The molecule has 0 atom stereocenters. The van der Waals surface area contributed by atoms with Crippen LogP contribution in [0.2, 0.25) is 0 Å². The number of oxazole rings is 1. The first-order chi connectivity index (χ1) is 12.5. The number of nitrogens with one attached hydrogen (secondary N) is 1. The Bertz CT molecular complexity index is 868. The summed E-state index contributed by atoms with van der Waals surface area (Å²) in [5.41, 5.74) is 3.09. The minimum Gasteiger partial charge on any atom is -0.441 e. The van der Waals surface area contributed by atoms with Crippen molar-refractivity contribution >= 4 is 34.2 Å². The van der Waals surface area contributed by atoms with Crippen molar-refractivity contribution in [2.75, 3.05) is 5.32 Å².